The van der Waals surface area contributed by atoms with E-state index in [0.29, 0.717) is 10.6 Å². The molecule has 0 bridgehead atoms. The molecule has 0 saturated carbocycles. The van der Waals surface area contributed by atoms with E-state index in [1.165, 1.54) is 11.1 Å². The first-order valence-electron chi connectivity index (χ1n) is 7.78. The van der Waals surface area contributed by atoms with Crippen molar-refractivity contribution < 1.29 is 14.3 Å². The van der Waals surface area contributed by atoms with Crippen LogP contribution in [0, 0.1) is 0 Å². The number of rotatable bonds is 4. The Morgan fingerprint density at radius 2 is 1.88 bits per heavy atom. The molecule has 0 radical (unpaired) electrons. The second-order valence-corrected chi connectivity index (χ2v) is 7.20. The monoisotopic (exact) mass is 406 g/mol. The standard InChI is InChI=1S/C19H16BrClO3/c1-11(24-19(23)16-10-15(20)7-8-17(16)21)18(22)14-6-5-12-3-2-4-13(12)9-14/h5-11H,2-4H2,1H3/t11-/m1/s1. The topological polar surface area (TPSA) is 43.4 Å². The molecule has 1 aliphatic rings. The summed E-state index contributed by atoms with van der Waals surface area (Å²) in [6, 6.07) is 10.6. The summed E-state index contributed by atoms with van der Waals surface area (Å²) in [4.78, 5) is 24.8. The number of hydrogen-bond acceptors (Lipinski definition) is 3. The van der Waals surface area contributed by atoms with Crippen LogP contribution in [0.5, 0.6) is 0 Å². The minimum absolute atomic E-state index is 0.204. The molecule has 1 aliphatic carbocycles. The summed E-state index contributed by atoms with van der Waals surface area (Å²) < 4.78 is 6.03. The van der Waals surface area contributed by atoms with Crippen molar-refractivity contribution in [2.24, 2.45) is 0 Å². The number of benzene rings is 2. The Bertz CT molecular complexity index is 816. The zero-order valence-electron chi connectivity index (χ0n) is 13.1. The Morgan fingerprint density at radius 1 is 1.12 bits per heavy atom. The smallest absolute Gasteiger partial charge is 0.340 e. The van der Waals surface area contributed by atoms with Gasteiger partial charge in [0.25, 0.3) is 0 Å². The predicted molar refractivity (Wildman–Crippen MR) is 96.8 cm³/mol. The maximum Gasteiger partial charge on any atom is 0.340 e. The van der Waals surface area contributed by atoms with Crippen LogP contribution in [-0.4, -0.2) is 17.9 Å². The molecule has 0 spiro atoms. The van der Waals surface area contributed by atoms with Crippen molar-refractivity contribution in [3.8, 4) is 0 Å². The lowest BCUT2D eigenvalue weighted by Crippen LogP contribution is -2.24. The van der Waals surface area contributed by atoms with Gasteiger partial charge in [0.05, 0.1) is 10.6 Å². The molecule has 0 amide bonds. The fourth-order valence-electron chi connectivity index (χ4n) is 2.89. The van der Waals surface area contributed by atoms with Gasteiger partial charge in [0.15, 0.2) is 6.10 Å². The average molecular weight is 408 g/mol. The zero-order chi connectivity index (χ0) is 17.3. The van der Waals surface area contributed by atoms with Gasteiger partial charge in [0.1, 0.15) is 0 Å². The van der Waals surface area contributed by atoms with Crippen LogP contribution < -0.4 is 0 Å². The van der Waals surface area contributed by atoms with Crippen molar-refractivity contribution in [1.29, 1.82) is 0 Å². The minimum atomic E-state index is -0.869. The Morgan fingerprint density at radius 3 is 2.67 bits per heavy atom. The number of carbonyl (C=O) groups excluding carboxylic acids is 2. The van der Waals surface area contributed by atoms with Crippen molar-refractivity contribution in [3.05, 3.63) is 68.1 Å². The first-order chi connectivity index (χ1) is 11.5. The van der Waals surface area contributed by atoms with Crippen molar-refractivity contribution in [1.82, 2.24) is 0 Å². The van der Waals surface area contributed by atoms with Gasteiger partial charge in [-0.05, 0) is 61.6 Å². The van der Waals surface area contributed by atoms with Gasteiger partial charge < -0.3 is 4.74 Å². The Labute approximate surface area is 154 Å². The second kappa shape index (κ2) is 7.08. The highest BCUT2D eigenvalue weighted by molar-refractivity contribution is 9.10. The molecule has 1 atom stereocenters. The fraction of sp³-hybridized carbons (Fsp3) is 0.263. The third kappa shape index (κ3) is 3.55. The van der Waals surface area contributed by atoms with Crippen LogP contribution in [0.1, 0.15) is 45.2 Å². The van der Waals surface area contributed by atoms with Gasteiger partial charge in [-0.25, -0.2) is 4.79 Å². The molecule has 3 rings (SSSR count). The van der Waals surface area contributed by atoms with E-state index in [0.717, 1.165) is 23.7 Å². The minimum Gasteiger partial charge on any atom is -0.451 e. The number of ether oxygens (including phenoxy) is 1. The number of fused-ring (bicyclic) bond motifs is 1. The molecule has 0 aromatic heterocycles. The van der Waals surface area contributed by atoms with Crippen LogP contribution in [0.4, 0.5) is 0 Å². The number of hydrogen-bond donors (Lipinski definition) is 0. The molecule has 0 aliphatic heterocycles. The van der Waals surface area contributed by atoms with Gasteiger partial charge in [-0.2, -0.15) is 0 Å². The molecule has 2 aromatic carbocycles. The highest BCUT2D eigenvalue weighted by Crippen LogP contribution is 2.25. The van der Waals surface area contributed by atoms with Gasteiger partial charge in [-0.15, -0.1) is 0 Å². The van der Waals surface area contributed by atoms with Crippen LogP contribution in [0.25, 0.3) is 0 Å². The fourth-order valence-corrected chi connectivity index (χ4v) is 3.45. The highest BCUT2D eigenvalue weighted by Gasteiger charge is 2.23. The van der Waals surface area contributed by atoms with E-state index in [1.807, 2.05) is 18.2 Å². The summed E-state index contributed by atoms with van der Waals surface area (Å²) >= 11 is 9.32. The van der Waals surface area contributed by atoms with E-state index in [2.05, 4.69) is 15.9 Å². The van der Waals surface area contributed by atoms with Crippen LogP contribution in [0.2, 0.25) is 5.02 Å². The number of aryl methyl sites for hydroxylation is 2. The van der Waals surface area contributed by atoms with Crippen molar-refractivity contribution in [2.45, 2.75) is 32.3 Å². The van der Waals surface area contributed by atoms with Gasteiger partial charge >= 0.3 is 5.97 Å². The Balaban J connectivity index is 1.74. The molecular formula is C19H16BrClO3. The zero-order valence-corrected chi connectivity index (χ0v) is 15.5. The molecule has 0 fully saturated rings. The predicted octanol–water partition coefficient (Wildman–Crippen LogP) is 5.02. The van der Waals surface area contributed by atoms with Gasteiger partial charge in [0.2, 0.25) is 5.78 Å². The number of Topliss-reactive ketones (excluding diaryl/α,β-unsaturated/α-hetero) is 1. The van der Waals surface area contributed by atoms with Crippen LogP contribution in [-0.2, 0) is 17.6 Å². The lowest BCUT2D eigenvalue weighted by Gasteiger charge is -2.14. The lowest BCUT2D eigenvalue weighted by molar-refractivity contribution is 0.0319. The van der Waals surface area contributed by atoms with Gasteiger partial charge in [-0.1, -0.05) is 39.7 Å². The summed E-state index contributed by atoms with van der Waals surface area (Å²) in [5.41, 5.74) is 3.34. The highest BCUT2D eigenvalue weighted by atomic mass is 79.9. The lowest BCUT2D eigenvalue weighted by atomic mass is 10.0. The van der Waals surface area contributed by atoms with Crippen molar-refractivity contribution in [3.63, 3.8) is 0 Å². The van der Waals surface area contributed by atoms with Crippen LogP contribution >= 0.6 is 27.5 Å². The number of ketones is 1. The molecule has 0 unspecified atom stereocenters. The quantitative estimate of drug-likeness (QED) is 0.528. The van der Waals surface area contributed by atoms with E-state index in [-0.39, 0.29) is 11.3 Å². The first kappa shape index (κ1) is 17.2. The summed E-state index contributed by atoms with van der Waals surface area (Å²) in [5, 5.41) is 0.292. The average Bonchev–Trinajstić information content (AvgIpc) is 3.03. The molecule has 0 saturated heterocycles. The second-order valence-electron chi connectivity index (χ2n) is 5.87. The maximum absolute atomic E-state index is 12.5. The third-order valence-corrected chi connectivity index (χ3v) is 5.01. The van der Waals surface area contributed by atoms with Gasteiger partial charge in [-0.3, -0.25) is 4.79 Å². The van der Waals surface area contributed by atoms with Gasteiger partial charge in [0, 0.05) is 10.0 Å². The summed E-state index contributed by atoms with van der Waals surface area (Å²) in [6.07, 6.45) is 2.32. The van der Waals surface area contributed by atoms with Crippen molar-refractivity contribution >= 4 is 39.3 Å². The molecule has 2 aromatic rings. The SMILES string of the molecule is C[C@@H](OC(=O)c1cc(Br)ccc1Cl)C(=O)c1ccc2c(c1)CCC2. The molecule has 24 heavy (non-hydrogen) atoms. The Kier molecular flexibility index (Phi) is 5.07. The van der Waals surface area contributed by atoms with E-state index in [1.54, 1.807) is 25.1 Å². The number of esters is 1. The molecule has 3 nitrogen and oxygen atoms in total. The maximum atomic E-state index is 12.5. The Hall–Kier alpha value is -1.65. The molecule has 5 heteroatoms. The molecule has 0 heterocycles. The summed E-state index contributed by atoms with van der Waals surface area (Å²) in [7, 11) is 0. The van der Waals surface area contributed by atoms with E-state index in [9.17, 15) is 9.59 Å². The number of halogens is 2. The molecule has 124 valence electrons. The van der Waals surface area contributed by atoms with E-state index in [4.69, 9.17) is 16.3 Å². The molecule has 0 N–H and O–H groups in total. The van der Waals surface area contributed by atoms with Crippen LogP contribution in [0.3, 0.4) is 0 Å². The number of carbonyl (C=O) groups is 2. The van der Waals surface area contributed by atoms with E-state index >= 15 is 0 Å². The largest absolute Gasteiger partial charge is 0.451 e. The van der Waals surface area contributed by atoms with Crippen molar-refractivity contribution in [2.75, 3.05) is 0 Å². The summed E-state index contributed by atoms with van der Waals surface area (Å²) in [5.74, 6) is -0.813. The normalized spacial score (nSPS) is 14.1. The van der Waals surface area contributed by atoms with Crippen LogP contribution in [0.15, 0.2) is 40.9 Å². The first-order valence-corrected chi connectivity index (χ1v) is 8.95. The molecular weight excluding hydrogens is 392 g/mol. The third-order valence-electron chi connectivity index (χ3n) is 4.18. The summed E-state index contributed by atoms with van der Waals surface area (Å²) in [6.45, 7) is 1.58. The van der Waals surface area contributed by atoms with E-state index < -0.39 is 12.1 Å².